The van der Waals surface area contributed by atoms with Crippen molar-refractivity contribution in [1.82, 2.24) is 15.0 Å². The molecule has 3 aromatic rings. The van der Waals surface area contributed by atoms with Crippen molar-refractivity contribution in [2.45, 2.75) is 46.4 Å². The van der Waals surface area contributed by atoms with Crippen LogP contribution in [0.5, 0.6) is 0 Å². The molecule has 1 aromatic heterocycles. The second kappa shape index (κ2) is 10.1. The number of aromatic nitrogens is 2. The van der Waals surface area contributed by atoms with Gasteiger partial charge in [0.05, 0.1) is 13.2 Å². The van der Waals surface area contributed by atoms with E-state index in [1.165, 1.54) is 0 Å². The summed E-state index contributed by atoms with van der Waals surface area (Å²) >= 11 is 0. The summed E-state index contributed by atoms with van der Waals surface area (Å²) in [6, 6.07) is 13.9. The number of benzene rings is 2. The van der Waals surface area contributed by atoms with Gasteiger partial charge < -0.3 is 14.0 Å². The summed E-state index contributed by atoms with van der Waals surface area (Å²) in [5.74, 6) is 0.736. The maximum absolute atomic E-state index is 12.1. The molecule has 0 bridgehead atoms. The molecule has 0 spiro atoms. The van der Waals surface area contributed by atoms with Crippen LogP contribution in [0.2, 0.25) is 0 Å². The quantitative estimate of drug-likeness (QED) is 0.475. The molecule has 2 aromatic carbocycles. The maximum Gasteiger partial charge on any atom is 0.320 e. The Bertz CT molecular complexity index is 1070. The second-order valence-corrected chi connectivity index (χ2v) is 8.96. The van der Waals surface area contributed by atoms with E-state index in [1.807, 2.05) is 82.1 Å². The van der Waals surface area contributed by atoms with Gasteiger partial charge in [0.25, 0.3) is 5.89 Å². The fourth-order valence-electron chi connectivity index (χ4n) is 3.34. The van der Waals surface area contributed by atoms with Gasteiger partial charge in [-0.05, 0) is 69.6 Å². The third-order valence-corrected chi connectivity index (χ3v) is 4.78. The number of methoxy groups -OCH3 is 1. The van der Waals surface area contributed by atoms with Gasteiger partial charge in [0, 0.05) is 24.8 Å². The molecule has 3 rings (SSSR count). The van der Waals surface area contributed by atoms with Gasteiger partial charge in [0.15, 0.2) is 0 Å². The number of esters is 1. The minimum absolute atomic E-state index is 0.213. The number of nitrogens with zero attached hydrogens (tertiary/aromatic N) is 3. The number of hydrogen-bond donors (Lipinski definition) is 0. The Morgan fingerprint density at radius 2 is 1.91 bits per heavy atom. The number of aryl methyl sites for hydroxylation is 1. The molecular formula is C25H31N3O4. The normalized spacial score (nSPS) is 11.7. The molecule has 0 N–H and O–H groups in total. The van der Waals surface area contributed by atoms with E-state index >= 15 is 0 Å². The molecule has 170 valence electrons. The van der Waals surface area contributed by atoms with Gasteiger partial charge >= 0.3 is 5.97 Å². The molecule has 0 aliphatic rings. The number of likely N-dealkylation sites (N-methyl/N-ethyl adjacent to an activating group) is 1. The Hall–Kier alpha value is -3.03. The summed E-state index contributed by atoms with van der Waals surface area (Å²) in [4.78, 5) is 18.6. The Morgan fingerprint density at radius 1 is 1.12 bits per heavy atom. The van der Waals surface area contributed by atoms with E-state index < -0.39 is 5.60 Å². The first-order valence-corrected chi connectivity index (χ1v) is 10.6. The zero-order valence-corrected chi connectivity index (χ0v) is 19.6. The molecule has 1 heterocycles. The van der Waals surface area contributed by atoms with E-state index in [2.05, 4.69) is 10.1 Å². The summed E-state index contributed by atoms with van der Waals surface area (Å²) in [6.07, 6.45) is 0. The predicted octanol–water partition coefficient (Wildman–Crippen LogP) is 4.63. The molecule has 0 saturated carbocycles. The molecule has 0 unspecified atom stereocenters. The minimum Gasteiger partial charge on any atom is -0.459 e. The van der Waals surface area contributed by atoms with E-state index in [0.29, 0.717) is 24.9 Å². The van der Waals surface area contributed by atoms with Crippen LogP contribution in [0.25, 0.3) is 22.8 Å². The predicted molar refractivity (Wildman–Crippen MR) is 123 cm³/mol. The van der Waals surface area contributed by atoms with Crippen molar-refractivity contribution >= 4 is 5.97 Å². The molecule has 0 amide bonds. The molecule has 32 heavy (non-hydrogen) atoms. The summed E-state index contributed by atoms with van der Waals surface area (Å²) in [6.45, 7) is 8.97. The third-order valence-electron chi connectivity index (χ3n) is 4.78. The van der Waals surface area contributed by atoms with Gasteiger partial charge in [-0.25, -0.2) is 0 Å². The van der Waals surface area contributed by atoms with Crippen molar-refractivity contribution in [3.8, 4) is 22.8 Å². The Labute approximate surface area is 189 Å². The largest absolute Gasteiger partial charge is 0.459 e. The van der Waals surface area contributed by atoms with E-state index in [0.717, 1.165) is 27.8 Å². The summed E-state index contributed by atoms with van der Waals surface area (Å²) in [5, 5.41) is 4.16. The molecular weight excluding hydrogens is 406 g/mol. The zero-order chi connectivity index (χ0) is 23.3. The molecule has 7 heteroatoms. The lowest BCUT2D eigenvalue weighted by atomic mass is 10.1. The average Bonchev–Trinajstić information content (AvgIpc) is 3.18. The van der Waals surface area contributed by atoms with Gasteiger partial charge in [-0.3, -0.25) is 9.69 Å². The standard InChI is InChI=1S/C25H31N3O4/c1-17-10-11-20(13-21(17)16-30-6)24-26-23(27-32-24)19-9-7-8-18(12-19)14-28(5)15-22(29)31-25(2,3)4/h7-13H,14-16H2,1-6H3. The lowest BCUT2D eigenvalue weighted by molar-refractivity contribution is -0.155. The minimum atomic E-state index is -0.490. The molecule has 0 fully saturated rings. The number of ether oxygens (including phenoxy) is 2. The summed E-state index contributed by atoms with van der Waals surface area (Å²) in [7, 11) is 3.56. The first-order valence-electron chi connectivity index (χ1n) is 10.6. The van der Waals surface area contributed by atoms with Gasteiger partial charge in [-0.1, -0.05) is 29.4 Å². The van der Waals surface area contributed by atoms with Crippen LogP contribution >= 0.6 is 0 Å². The molecule has 0 aliphatic carbocycles. The van der Waals surface area contributed by atoms with Crippen molar-refractivity contribution in [2.24, 2.45) is 0 Å². The first-order chi connectivity index (χ1) is 15.1. The highest BCUT2D eigenvalue weighted by Gasteiger charge is 2.18. The Kier molecular flexibility index (Phi) is 7.43. The van der Waals surface area contributed by atoms with Crippen LogP contribution in [0, 0.1) is 6.92 Å². The van der Waals surface area contributed by atoms with Gasteiger partial charge in [-0.15, -0.1) is 0 Å². The van der Waals surface area contributed by atoms with Crippen LogP contribution in [0.4, 0.5) is 0 Å². The van der Waals surface area contributed by atoms with Crippen molar-refractivity contribution in [2.75, 3.05) is 20.7 Å². The highest BCUT2D eigenvalue weighted by Crippen LogP contribution is 2.25. The van der Waals surface area contributed by atoms with E-state index in [4.69, 9.17) is 14.0 Å². The smallest absolute Gasteiger partial charge is 0.320 e. The van der Waals surface area contributed by atoms with E-state index in [-0.39, 0.29) is 12.5 Å². The van der Waals surface area contributed by atoms with E-state index in [9.17, 15) is 4.79 Å². The average molecular weight is 438 g/mol. The number of carbonyl (C=O) groups is 1. The first kappa shape index (κ1) is 23.6. The SMILES string of the molecule is COCc1cc(-c2nc(-c3cccc(CN(C)CC(=O)OC(C)(C)C)c3)no2)ccc1C. The van der Waals surface area contributed by atoms with Crippen LogP contribution < -0.4 is 0 Å². The van der Waals surface area contributed by atoms with Crippen molar-refractivity contribution < 1.29 is 18.8 Å². The second-order valence-electron chi connectivity index (χ2n) is 8.96. The lowest BCUT2D eigenvalue weighted by Crippen LogP contribution is -2.32. The van der Waals surface area contributed by atoms with Crippen molar-refractivity contribution in [3.05, 3.63) is 59.2 Å². The van der Waals surface area contributed by atoms with Crippen LogP contribution in [-0.2, 0) is 27.4 Å². The van der Waals surface area contributed by atoms with E-state index in [1.54, 1.807) is 7.11 Å². The number of carbonyl (C=O) groups excluding carboxylic acids is 1. The highest BCUT2D eigenvalue weighted by atomic mass is 16.6. The lowest BCUT2D eigenvalue weighted by Gasteiger charge is -2.22. The summed E-state index contributed by atoms with van der Waals surface area (Å²) < 4.78 is 16.2. The van der Waals surface area contributed by atoms with Gasteiger partial charge in [-0.2, -0.15) is 4.98 Å². The monoisotopic (exact) mass is 437 g/mol. The van der Waals surface area contributed by atoms with Crippen LogP contribution in [-0.4, -0.2) is 47.3 Å². The number of hydrogen-bond acceptors (Lipinski definition) is 7. The van der Waals surface area contributed by atoms with Gasteiger partial charge in [0.2, 0.25) is 5.82 Å². The highest BCUT2D eigenvalue weighted by molar-refractivity contribution is 5.72. The van der Waals surface area contributed by atoms with Crippen molar-refractivity contribution in [3.63, 3.8) is 0 Å². The fourth-order valence-corrected chi connectivity index (χ4v) is 3.34. The molecule has 0 atom stereocenters. The maximum atomic E-state index is 12.1. The molecule has 0 radical (unpaired) electrons. The van der Waals surface area contributed by atoms with Crippen molar-refractivity contribution in [1.29, 1.82) is 0 Å². The molecule has 0 saturated heterocycles. The molecule has 7 nitrogen and oxygen atoms in total. The Balaban J connectivity index is 1.72. The topological polar surface area (TPSA) is 77.7 Å². The Morgan fingerprint density at radius 3 is 2.62 bits per heavy atom. The summed E-state index contributed by atoms with van der Waals surface area (Å²) in [5.41, 5.74) is 4.49. The fraction of sp³-hybridized carbons (Fsp3) is 0.400. The van der Waals surface area contributed by atoms with Gasteiger partial charge in [0.1, 0.15) is 5.60 Å². The number of rotatable bonds is 8. The third kappa shape index (κ3) is 6.48. The van der Waals surface area contributed by atoms with Crippen LogP contribution in [0.3, 0.4) is 0 Å². The zero-order valence-electron chi connectivity index (χ0n) is 19.6. The van der Waals surface area contributed by atoms with Crippen LogP contribution in [0.1, 0.15) is 37.5 Å². The molecule has 0 aliphatic heterocycles. The van der Waals surface area contributed by atoms with Crippen LogP contribution in [0.15, 0.2) is 47.0 Å².